The Morgan fingerprint density at radius 2 is 2.03 bits per heavy atom. The summed E-state index contributed by atoms with van der Waals surface area (Å²) in [5, 5.41) is 6.06. The van der Waals surface area contributed by atoms with Crippen molar-refractivity contribution in [2.24, 2.45) is 0 Å². The largest absolute Gasteiger partial charge is 0.465 e. The van der Waals surface area contributed by atoms with Crippen LogP contribution in [0, 0.1) is 0 Å². The van der Waals surface area contributed by atoms with Crippen molar-refractivity contribution in [3.05, 3.63) is 77.2 Å². The van der Waals surface area contributed by atoms with E-state index in [2.05, 4.69) is 29.5 Å². The lowest BCUT2D eigenvalue weighted by Gasteiger charge is -2.10. The van der Waals surface area contributed by atoms with Crippen LogP contribution in [0.4, 0.5) is 5.69 Å². The number of nitrogens with zero attached hydrogens (tertiary/aromatic N) is 1. The van der Waals surface area contributed by atoms with E-state index in [1.807, 2.05) is 24.3 Å². The molecule has 0 unspecified atom stereocenters. The van der Waals surface area contributed by atoms with Gasteiger partial charge >= 0.3 is 0 Å². The first kappa shape index (κ1) is 21.8. The van der Waals surface area contributed by atoms with Gasteiger partial charge in [0.15, 0.2) is 10.7 Å². The Morgan fingerprint density at radius 3 is 2.78 bits per heavy atom. The number of oxazole rings is 1. The summed E-state index contributed by atoms with van der Waals surface area (Å²) in [5.41, 5.74) is 3.94. The predicted octanol–water partition coefficient (Wildman–Crippen LogP) is 6.39. The molecular weight excluding hydrogens is 446 g/mol. The molecule has 162 valence electrons. The van der Waals surface area contributed by atoms with Crippen LogP contribution < -0.4 is 10.6 Å². The molecule has 8 heteroatoms. The molecule has 2 heterocycles. The zero-order valence-electron chi connectivity index (χ0n) is 17.4. The van der Waals surface area contributed by atoms with Crippen molar-refractivity contribution in [1.82, 2.24) is 10.3 Å². The highest BCUT2D eigenvalue weighted by atomic mass is 35.5. The maximum Gasteiger partial charge on any atom is 0.250 e. The van der Waals surface area contributed by atoms with E-state index < -0.39 is 5.91 Å². The van der Waals surface area contributed by atoms with Crippen molar-refractivity contribution >= 4 is 57.7 Å². The molecular formula is C24H20ClN3O3S. The number of aromatic nitrogens is 1. The van der Waals surface area contributed by atoms with Gasteiger partial charge in [-0.15, -0.1) is 0 Å². The van der Waals surface area contributed by atoms with Crippen molar-refractivity contribution < 1.29 is 13.6 Å². The molecule has 0 fully saturated rings. The van der Waals surface area contributed by atoms with Crippen LogP contribution in [0.25, 0.3) is 28.6 Å². The SMILES string of the molecule is CC(C)c1ccc2oc(-c3ccc(Cl)c(NC(=S)NC(=O)C=Cc4ccco4)c3)nc2c1. The molecule has 2 aromatic heterocycles. The third kappa shape index (κ3) is 5.07. The van der Waals surface area contributed by atoms with Crippen LogP contribution in [-0.4, -0.2) is 16.0 Å². The van der Waals surface area contributed by atoms with Gasteiger partial charge in [0.25, 0.3) is 0 Å². The second-order valence-electron chi connectivity index (χ2n) is 7.39. The zero-order valence-corrected chi connectivity index (χ0v) is 19.0. The highest BCUT2D eigenvalue weighted by molar-refractivity contribution is 7.80. The van der Waals surface area contributed by atoms with Gasteiger partial charge in [0.05, 0.1) is 17.0 Å². The molecule has 1 amide bonds. The van der Waals surface area contributed by atoms with E-state index in [0.717, 1.165) is 11.1 Å². The fourth-order valence-electron chi connectivity index (χ4n) is 3.03. The number of nitrogens with one attached hydrogen (secondary N) is 2. The smallest absolute Gasteiger partial charge is 0.250 e. The molecule has 0 saturated heterocycles. The topological polar surface area (TPSA) is 80.3 Å². The number of amides is 1. The predicted molar refractivity (Wildman–Crippen MR) is 131 cm³/mol. The molecule has 0 aliphatic rings. The second kappa shape index (κ2) is 9.38. The van der Waals surface area contributed by atoms with Gasteiger partial charge in [-0.3, -0.25) is 10.1 Å². The summed E-state index contributed by atoms with van der Waals surface area (Å²) < 4.78 is 11.1. The van der Waals surface area contributed by atoms with Gasteiger partial charge in [-0.05, 0) is 72.2 Å². The van der Waals surface area contributed by atoms with Crippen LogP contribution in [0.15, 0.2) is 69.7 Å². The summed E-state index contributed by atoms with van der Waals surface area (Å²) in [6, 6.07) is 14.8. The number of carbonyl (C=O) groups excluding carboxylic acids is 1. The summed E-state index contributed by atoms with van der Waals surface area (Å²) >= 11 is 11.6. The van der Waals surface area contributed by atoms with Gasteiger partial charge in [0, 0.05) is 11.6 Å². The average Bonchev–Trinajstić information content (AvgIpc) is 3.42. The van der Waals surface area contributed by atoms with Crippen molar-refractivity contribution in [1.29, 1.82) is 0 Å². The van der Waals surface area contributed by atoms with Gasteiger partial charge in [-0.25, -0.2) is 4.98 Å². The van der Waals surface area contributed by atoms with E-state index in [1.165, 1.54) is 17.9 Å². The maximum absolute atomic E-state index is 12.1. The summed E-state index contributed by atoms with van der Waals surface area (Å²) in [5.74, 6) is 1.03. The quantitative estimate of drug-likeness (QED) is 0.262. The standard InChI is InChI=1S/C24H20ClN3O3S/c1-14(2)15-6-9-21-20(12-15)26-23(31-21)16-5-8-18(25)19(13-16)27-24(32)28-22(29)10-7-17-4-3-11-30-17/h3-14H,1-2H3,(H2,27,28,29,32). The Kier molecular flexibility index (Phi) is 6.39. The number of benzene rings is 2. The first-order valence-corrected chi connectivity index (χ1v) is 10.7. The molecule has 4 aromatic rings. The highest BCUT2D eigenvalue weighted by Crippen LogP contribution is 2.31. The van der Waals surface area contributed by atoms with Crippen molar-refractivity contribution in [3.8, 4) is 11.5 Å². The molecule has 4 rings (SSSR count). The lowest BCUT2D eigenvalue weighted by atomic mass is 10.0. The highest BCUT2D eigenvalue weighted by Gasteiger charge is 2.13. The lowest BCUT2D eigenvalue weighted by molar-refractivity contribution is -0.115. The van der Waals surface area contributed by atoms with E-state index in [9.17, 15) is 4.79 Å². The fourth-order valence-corrected chi connectivity index (χ4v) is 3.41. The molecule has 32 heavy (non-hydrogen) atoms. The third-order valence-corrected chi connectivity index (χ3v) is 5.25. The molecule has 0 aliphatic heterocycles. The van der Waals surface area contributed by atoms with E-state index in [1.54, 1.807) is 30.3 Å². The van der Waals surface area contributed by atoms with Gasteiger partial charge in [-0.1, -0.05) is 31.5 Å². The number of thiocarbonyl (C=S) groups is 1. The first-order valence-electron chi connectivity index (χ1n) is 9.93. The van der Waals surface area contributed by atoms with Gasteiger partial charge < -0.3 is 14.2 Å². The summed E-state index contributed by atoms with van der Waals surface area (Å²) in [7, 11) is 0. The lowest BCUT2D eigenvalue weighted by Crippen LogP contribution is -2.32. The number of hydrogen-bond donors (Lipinski definition) is 2. The third-order valence-electron chi connectivity index (χ3n) is 4.72. The minimum absolute atomic E-state index is 0.109. The maximum atomic E-state index is 12.1. The number of hydrogen-bond acceptors (Lipinski definition) is 5. The Hall–Kier alpha value is -3.42. The fraction of sp³-hybridized carbons (Fsp3) is 0.125. The monoisotopic (exact) mass is 465 g/mol. The van der Waals surface area contributed by atoms with Crippen molar-refractivity contribution in [2.45, 2.75) is 19.8 Å². The van der Waals surface area contributed by atoms with Gasteiger partial charge in [0.2, 0.25) is 11.8 Å². The van der Waals surface area contributed by atoms with E-state index >= 15 is 0 Å². The normalized spacial score (nSPS) is 11.4. The van der Waals surface area contributed by atoms with Crippen LogP contribution in [0.3, 0.4) is 0 Å². The summed E-state index contributed by atoms with van der Waals surface area (Å²) in [6.07, 6.45) is 4.40. The second-order valence-corrected chi connectivity index (χ2v) is 8.20. The Morgan fingerprint density at radius 1 is 1.19 bits per heavy atom. The Balaban J connectivity index is 1.49. The molecule has 0 saturated carbocycles. The van der Waals surface area contributed by atoms with Crippen LogP contribution in [0.1, 0.15) is 31.1 Å². The molecule has 0 aliphatic carbocycles. The number of fused-ring (bicyclic) bond motifs is 1. The minimum Gasteiger partial charge on any atom is -0.465 e. The number of carbonyl (C=O) groups is 1. The van der Waals surface area contributed by atoms with Crippen LogP contribution >= 0.6 is 23.8 Å². The first-order chi connectivity index (χ1) is 15.4. The molecule has 2 aromatic carbocycles. The summed E-state index contributed by atoms with van der Waals surface area (Å²) in [4.78, 5) is 16.7. The van der Waals surface area contributed by atoms with Crippen molar-refractivity contribution in [2.75, 3.05) is 5.32 Å². The molecule has 0 bridgehead atoms. The van der Waals surface area contributed by atoms with Crippen LogP contribution in [-0.2, 0) is 4.79 Å². The number of rotatable bonds is 5. The number of furan rings is 1. The van der Waals surface area contributed by atoms with E-state index in [4.69, 9.17) is 32.7 Å². The molecule has 2 N–H and O–H groups in total. The van der Waals surface area contributed by atoms with Gasteiger partial charge in [0.1, 0.15) is 11.3 Å². The van der Waals surface area contributed by atoms with E-state index in [-0.39, 0.29) is 5.11 Å². The summed E-state index contributed by atoms with van der Waals surface area (Å²) in [6.45, 7) is 4.27. The Labute approximate surface area is 195 Å². The Bertz CT molecular complexity index is 1310. The molecule has 0 spiro atoms. The molecule has 6 nitrogen and oxygen atoms in total. The zero-order chi connectivity index (χ0) is 22.7. The van der Waals surface area contributed by atoms with Crippen molar-refractivity contribution in [3.63, 3.8) is 0 Å². The molecule has 0 radical (unpaired) electrons. The van der Waals surface area contributed by atoms with Gasteiger partial charge in [-0.2, -0.15) is 0 Å². The van der Waals surface area contributed by atoms with E-state index in [0.29, 0.717) is 33.9 Å². The number of anilines is 1. The minimum atomic E-state index is -0.397. The van der Waals surface area contributed by atoms with Crippen LogP contribution in [0.2, 0.25) is 5.02 Å². The molecule has 0 atom stereocenters. The van der Waals surface area contributed by atoms with Crippen LogP contribution in [0.5, 0.6) is 0 Å². The average molecular weight is 466 g/mol. The number of halogens is 1.